The molecule has 1 aromatic carbocycles. The van der Waals surface area contributed by atoms with E-state index in [4.69, 9.17) is 17.3 Å². The first-order valence-electron chi connectivity index (χ1n) is 4.85. The molecule has 0 radical (unpaired) electrons. The second kappa shape index (κ2) is 5.32. The van der Waals surface area contributed by atoms with Gasteiger partial charge in [-0.1, -0.05) is 37.4 Å². The molecule has 0 saturated heterocycles. The van der Waals surface area contributed by atoms with Gasteiger partial charge in [0.1, 0.15) is 5.82 Å². The predicted molar refractivity (Wildman–Crippen MR) is 57.9 cm³/mol. The zero-order chi connectivity index (χ0) is 10.6. The molecule has 0 bridgehead atoms. The van der Waals surface area contributed by atoms with Gasteiger partial charge in [-0.15, -0.1) is 0 Å². The Balaban J connectivity index is 2.74. The minimum Gasteiger partial charge on any atom is -0.324 e. The fourth-order valence-electron chi connectivity index (χ4n) is 1.38. The smallest absolute Gasteiger partial charge is 0.124 e. The summed E-state index contributed by atoms with van der Waals surface area (Å²) in [6, 6.07) is 4.29. The third-order valence-electron chi connectivity index (χ3n) is 2.23. The summed E-state index contributed by atoms with van der Waals surface area (Å²) in [4.78, 5) is 0. The average Bonchev–Trinajstić information content (AvgIpc) is 2.14. The molecule has 0 spiro atoms. The third-order valence-corrected chi connectivity index (χ3v) is 2.56. The Labute approximate surface area is 89.1 Å². The van der Waals surface area contributed by atoms with Crippen LogP contribution in [0.25, 0.3) is 0 Å². The molecule has 14 heavy (non-hydrogen) atoms. The van der Waals surface area contributed by atoms with E-state index in [1.54, 1.807) is 6.07 Å². The van der Waals surface area contributed by atoms with Crippen LogP contribution >= 0.6 is 11.6 Å². The van der Waals surface area contributed by atoms with E-state index in [0.29, 0.717) is 5.02 Å². The van der Waals surface area contributed by atoms with Crippen molar-refractivity contribution in [3.05, 3.63) is 34.6 Å². The fraction of sp³-hybridized carbons (Fsp3) is 0.455. The summed E-state index contributed by atoms with van der Waals surface area (Å²) in [7, 11) is 0. The molecular weight excluding hydrogens is 201 g/mol. The molecule has 1 rings (SSSR count). The number of hydrogen-bond donors (Lipinski definition) is 1. The van der Waals surface area contributed by atoms with Crippen molar-refractivity contribution in [2.24, 2.45) is 5.73 Å². The Hall–Kier alpha value is -0.600. The standard InChI is InChI=1S/C11H15ClFN/c1-2-3-4-11(14)9-6-5-8(13)7-10(9)12/h5-7,11H,2-4,14H2,1H3. The summed E-state index contributed by atoms with van der Waals surface area (Å²) in [6.45, 7) is 2.11. The van der Waals surface area contributed by atoms with Crippen molar-refractivity contribution in [2.75, 3.05) is 0 Å². The van der Waals surface area contributed by atoms with Crippen molar-refractivity contribution < 1.29 is 4.39 Å². The molecule has 0 aliphatic rings. The number of rotatable bonds is 4. The van der Waals surface area contributed by atoms with Gasteiger partial charge < -0.3 is 5.73 Å². The van der Waals surface area contributed by atoms with E-state index in [-0.39, 0.29) is 11.9 Å². The summed E-state index contributed by atoms with van der Waals surface area (Å²) in [5.74, 6) is -0.318. The maximum Gasteiger partial charge on any atom is 0.124 e. The predicted octanol–water partition coefficient (Wildman–Crippen LogP) is 3.67. The highest BCUT2D eigenvalue weighted by atomic mass is 35.5. The van der Waals surface area contributed by atoms with Crippen LogP contribution in [0.4, 0.5) is 4.39 Å². The molecule has 78 valence electrons. The lowest BCUT2D eigenvalue weighted by atomic mass is 10.0. The number of halogens is 2. The van der Waals surface area contributed by atoms with E-state index >= 15 is 0 Å². The maximum absolute atomic E-state index is 12.7. The summed E-state index contributed by atoms with van der Waals surface area (Å²) in [6.07, 6.45) is 3.06. The molecule has 0 amide bonds. The number of hydrogen-bond acceptors (Lipinski definition) is 1. The van der Waals surface area contributed by atoms with Gasteiger partial charge >= 0.3 is 0 Å². The lowest BCUT2D eigenvalue weighted by molar-refractivity contribution is 0.597. The molecule has 1 aromatic rings. The second-order valence-corrected chi connectivity index (χ2v) is 3.82. The first-order chi connectivity index (χ1) is 6.65. The van der Waals surface area contributed by atoms with E-state index < -0.39 is 0 Å². The van der Waals surface area contributed by atoms with Crippen LogP contribution in [0.2, 0.25) is 5.02 Å². The highest BCUT2D eigenvalue weighted by Crippen LogP contribution is 2.25. The van der Waals surface area contributed by atoms with Crippen molar-refractivity contribution in [3.63, 3.8) is 0 Å². The Morgan fingerprint density at radius 1 is 1.50 bits per heavy atom. The molecular formula is C11H15ClFN. The minimum absolute atomic E-state index is 0.0805. The Morgan fingerprint density at radius 3 is 2.79 bits per heavy atom. The third kappa shape index (κ3) is 2.96. The molecule has 0 aliphatic heterocycles. The van der Waals surface area contributed by atoms with Gasteiger partial charge in [0.2, 0.25) is 0 Å². The monoisotopic (exact) mass is 215 g/mol. The normalized spacial score (nSPS) is 12.9. The first-order valence-corrected chi connectivity index (χ1v) is 5.23. The molecule has 0 heterocycles. The molecule has 0 fully saturated rings. The quantitative estimate of drug-likeness (QED) is 0.815. The van der Waals surface area contributed by atoms with E-state index in [9.17, 15) is 4.39 Å². The highest BCUT2D eigenvalue weighted by Gasteiger charge is 2.09. The van der Waals surface area contributed by atoms with E-state index in [2.05, 4.69) is 6.92 Å². The molecule has 0 aromatic heterocycles. The summed E-state index contributed by atoms with van der Waals surface area (Å²) in [5.41, 5.74) is 6.76. The second-order valence-electron chi connectivity index (χ2n) is 3.41. The van der Waals surface area contributed by atoms with Crippen molar-refractivity contribution in [1.82, 2.24) is 0 Å². The Morgan fingerprint density at radius 2 is 2.21 bits per heavy atom. The van der Waals surface area contributed by atoms with Crippen molar-refractivity contribution in [1.29, 1.82) is 0 Å². The number of benzene rings is 1. The van der Waals surface area contributed by atoms with Crippen molar-refractivity contribution in [2.45, 2.75) is 32.2 Å². The topological polar surface area (TPSA) is 26.0 Å². The lowest BCUT2D eigenvalue weighted by Crippen LogP contribution is -2.10. The van der Waals surface area contributed by atoms with Gasteiger partial charge in [-0.2, -0.15) is 0 Å². The lowest BCUT2D eigenvalue weighted by Gasteiger charge is -2.12. The van der Waals surface area contributed by atoms with Crippen LogP contribution in [-0.2, 0) is 0 Å². The van der Waals surface area contributed by atoms with Gasteiger partial charge in [-0.25, -0.2) is 4.39 Å². The van der Waals surface area contributed by atoms with Crippen LogP contribution in [0.15, 0.2) is 18.2 Å². The van der Waals surface area contributed by atoms with Crippen LogP contribution in [0.3, 0.4) is 0 Å². The number of unbranched alkanes of at least 4 members (excludes halogenated alkanes) is 1. The van der Waals surface area contributed by atoms with Crippen LogP contribution in [0.5, 0.6) is 0 Å². The van der Waals surface area contributed by atoms with Crippen LogP contribution in [0, 0.1) is 5.82 Å². The molecule has 1 unspecified atom stereocenters. The van der Waals surface area contributed by atoms with E-state index in [0.717, 1.165) is 24.8 Å². The Kier molecular flexibility index (Phi) is 4.36. The van der Waals surface area contributed by atoms with E-state index in [1.807, 2.05) is 0 Å². The molecule has 2 N–H and O–H groups in total. The van der Waals surface area contributed by atoms with Gasteiger partial charge in [-0.3, -0.25) is 0 Å². The minimum atomic E-state index is -0.318. The SMILES string of the molecule is CCCCC(N)c1ccc(F)cc1Cl. The molecule has 1 nitrogen and oxygen atoms in total. The zero-order valence-electron chi connectivity index (χ0n) is 8.26. The summed E-state index contributed by atoms with van der Waals surface area (Å²) >= 11 is 5.88. The van der Waals surface area contributed by atoms with Gasteiger partial charge in [0.05, 0.1) is 0 Å². The molecule has 0 saturated carbocycles. The van der Waals surface area contributed by atoms with Crippen LogP contribution in [0.1, 0.15) is 37.8 Å². The molecule has 1 atom stereocenters. The maximum atomic E-state index is 12.7. The van der Waals surface area contributed by atoms with Crippen LogP contribution < -0.4 is 5.73 Å². The fourth-order valence-corrected chi connectivity index (χ4v) is 1.69. The van der Waals surface area contributed by atoms with Crippen LogP contribution in [-0.4, -0.2) is 0 Å². The first kappa shape index (κ1) is 11.5. The highest BCUT2D eigenvalue weighted by molar-refractivity contribution is 6.31. The number of nitrogens with two attached hydrogens (primary N) is 1. The van der Waals surface area contributed by atoms with Gasteiger partial charge in [0, 0.05) is 11.1 Å². The zero-order valence-corrected chi connectivity index (χ0v) is 9.02. The van der Waals surface area contributed by atoms with Crippen molar-refractivity contribution >= 4 is 11.6 Å². The Bertz CT molecular complexity index is 301. The largest absolute Gasteiger partial charge is 0.324 e. The van der Waals surface area contributed by atoms with Gasteiger partial charge in [-0.05, 0) is 24.1 Å². The van der Waals surface area contributed by atoms with Gasteiger partial charge in [0.15, 0.2) is 0 Å². The van der Waals surface area contributed by atoms with Crippen molar-refractivity contribution in [3.8, 4) is 0 Å². The van der Waals surface area contributed by atoms with Gasteiger partial charge in [0.25, 0.3) is 0 Å². The average molecular weight is 216 g/mol. The summed E-state index contributed by atoms with van der Waals surface area (Å²) < 4.78 is 12.7. The molecule has 0 aliphatic carbocycles. The summed E-state index contributed by atoms with van der Waals surface area (Å²) in [5, 5.41) is 0.425. The van der Waals surface area contributed by atoms with E-state index in [1.165, 1.54) is 12.1 Å². The molecule has 3 heteroatoms.